The Bertz CT molecular complexity index is 1050. The van der Waals surface area contributed by atoms with Crippen molar-refractivity contribution in [3.8, 4) is 0 Å². The summed E-state index contributed by atoms with van der Waals surface area (Å²) in [6.07, 6.45) is 0. The maximum Gasteiger partial charge on any atom is 0.337 e. The highest BCUT2D eigenvalue weighted by atomic mass is 16.5. The monoisotopic (exact) mass is 393 g/mol. The molecule has 2 aliphatic heterocycles. The normalized spacial score (nSPS) is 20.3. The molecule has 8 heteroatoms. The number of ether oxygens (including phenoxy) is 1. The predicted molar refractivity (Wildman–Crippen MR) is 102 cm³/mol. The number of fused-ring (bicyclic) bond motifs is 1. The highest BCUT2D eigenvalue weighted by molar-refractivity contribution is 6.08. The van der Waals surface area contributed by atoms with Crippen LogP contribution in [0.5, 0.6) is 0 Å². The van der Waals surface area contributed by atoms with Crippen LogP contribution in [0.4, 0.5) is 4.79 Å². The van der Waals surface area contributed by atoms with Crippen LogP contribution in [0.15, 0.2) is 42.5 Å². The quantitative estimate of drug-likeness (QED) is 0.605. The Morgan fingerprint density at radius 2 is 1.86 bits per heavy atom. The zero-order chi connectivity index (χ0) is 20.8. The number of hydrogen-bond acceptors (Lipinski definition) is 5. The highest BCUT2D eigenvalue weighted by Gasteiger charge is 2.50. The molecule has 1 saturated heterocycles. The number of amides is 4. The number of urea groups is 1. The molecule has 148 valence electrons. The van der Waals surface area contributed by atoms with Crippen LogP contribution in [0.1, 0.15) is 37.4 Å². The Labute approximate surface area is 166 Å². The molecule has 1 atom stereocenters. The number of nitrogens with one attached hydrogen (secondary N) is 2. The summed E-state index contributed by atoms with van der Waals surface area (Å²) < 4.78 is 4.69. The number of rotatable bonds is 4. The van der Waals surface area contributed by atoms with E-state index in [1.54, 1.807) is 17.0 Å². The van der Waals surface area contributed by atoms with Crippen LogP contribution < -0.4 is 10.6 Å². The van der Waals surface area contributed by atoms with Gasteiger partial charge in [0.15, 0.2) is 5.54 Å². The van der Waals surface area contributed by atoms with E-state index in [-0.39, 0.29) is 12.5 Å². The number of carbonyl (C=O) groups is 4. The third-order valence-corrected chi connectivity index (χ3v) is 5.31. The topological polar surface area (TPSA) is 105 Å². The second-order valence-electron chi connectivity index (χ2n) is 7.20. The van der Waals surface area contributed by atoms with E-state index in [9.17, 15) is 19.2 Å². The molecule has 2 aromatic rings. The molecular formula is C21H19N3O5. The van der Waals surface area contributed by atoms with E-state index in [2.05, 4.69) is 10.6 Å². The molecule has 0 spiro atoms. The zero-order valence-electron chi connectivity index (χ0n) is 15.9. The third kappa shape index (κ3) is 3.02. The van der Waals surface area contributed by atoms with Crippen molar-refractivity contribution < 1.29 is 23.9 Å². The summed E-state index contributed by atoms with van der Waals surface area (Å²) >= 11 is 0. The zero-order valence-corrected chi connectivity index (χ0v) is 15.9. The molecule has 0 bridgehead atoms. The van der Waals surface area contributed by atoms with E-state index < -0.39 is 23.4 Å². The first kappa shape index (κ1) is 18.7. The maximum atomic E-state index is 12.9. The van der Waals surface area contributed by atoms with Gasteiger partial charge in [-0.2, -0.15) is 0 Å². The van der Waals surface area contributed by atoms with Gasteiger partial charge in [0.25, 0.3) is 11.8 Å². The smallest absolute Gasteiger partial charge is 0.337 e. The van der Waals surface area contributed by atoms with Crippen LogP contribution in [0.2, 0.25) is 0 Å². The number of carbonyl (C=O) groups excluding carboxylic acids is 4. The summed E-state index contributed by atoms with van der Waals surface area (Å²) in [7, 11) is 1.28. The Kier molecular flexibility index (Phi) is 4.34. The fourth-order valence-corrected chi connectivity index (χ4v) is 3.80. The second-order valence-corrected chi connectivity index (χ2v) is 7.20. The van der Waals surface area contributed by atoms with Crippen LogP contribution in [0, 0.1) is 6.92 Å². The molecule has 1 fully saturated rings. The lowest BCUT2D eigenvalue weighted by Gasteiger charge is -2.31. The summed E-state index contributed by atoms with van der Waals surface area (Å²) in [4.78, 5) is 50.9. The van der Waals surface area contributed by atoms with E-state index in [0.29, 0.717) is 23.2 Å². The second kappa shape index (κ2) is 6.73. The SMILES string of the molecule is COC(=O)c1ccc(C2(CN3Cc4ccc(C)cc4C3=O)NC(=O)NC2=O)cc1. The van der Waals surface area contributed by atoms with Crippen molar-refractivity contribution in [1.29, 1.82) is 0 Å². The molecule has 29 heavy (non-hydrogen) atoms. The van der Waals surface area contributed by atoms with E-state index in [1.807, 2.05) is 25.1 Å². The lowest BCUT2D eigenvalue weighted by atomic mass is 9.88. The first-order valence-electron chi connectivity index (χ1n) is 9.05. The largest absolute Gasteiger partial charge is 0.465 e. The van der Waals surface area contributed by atoms with Gasteiger partial charge < -0.3 is 15.0 Å². The molecule has 4 rings (SSSR count). The molecule has 2 aliphatic rings. The van der Waals surface area contributed by atoms with Crippen LogP contribution >= 0.6 is 0 Å². The minimum atomic E-state index is -1.45. The fourth-order valence-electron chi connectivity index (χ4n) is 3.80. The average Bonchev–Trinajstić information content (AvgIpc) is 3.17. The van der Waals surface area contributed by atoms with Gasteiger partial charge in [-0.15, -0.1) is 0 Å². The highest BCUT2D eigenvalue weighted by Crippen LogP contribution is 2.31. The molecule has 0 saturated carbocycles. The molecule has 0 radical (unpaired) electrons. The Morgan fingerprint density at radius 1 is 1.14 bits per heavy atom. The minimum Gasteiger partial charge on any atom is -0.465 e. The van der Waals surface area contributed by atoms with Gasteiger partial charge in [0, 0.05) is 12.1 Å². The summed E-state index contributed by atoms with van der Waals surface area (Å²) in [6.45, 7) is 2.22. The fraction of sp³-hybridized carbons (Fsp3) is 0.238. The number of imide groups is 1. The van der Waals surface area contributed by atoms with Crippen LogP contribution in [0.25, 0.3) is 0 Å². The summed E-state index contributed by atoms with van der Waals surface area (Å²) in [5, 5.41) is 4.93. The number of hydrogen-bond donors (Lipinski definition) is 2. The molecule has 8 nitrogen and oxygen atoms in total. The van der Waals surface area contributed by atoms with E-state index in [4.69, 9.17) is 4.74 Å². The summed E-state index contributed by atoms with van der Waals surface area (Å²) in [5.41, 5.74) is 1.79. The van der Waals surface area contributed by atoms with Crippen LogP contribution in [-0.2, 0) is 21.6 Å². The van der Waals surface area contributed by atoms with Crippen molar-refractivity contribution in [1.82, 2.24) is 15.5 Å². The van der Waals surface area contributed by atoms with Crippen LogP contribution in [-0.4, -0.2) is 42.4 Å². The Morgan fingerprint density at radius 3 is 2.48 bits per heavy atom. The summed E-state index contributed by atoms with van der Waals surface area (Å²) in [6, 6.07) is 11.2. The third-order valence-electron chi connectivity index (χ3n) is 5.31. The van der Waals surface area contributed by atoms with Gasteiger partial charge in [-0.3, -0.25) is 14.9 Å². The van der Waals surface area contributed by atoms with Gasteiger partial charge in [-0.05, 0) is 36.2 Å². The standard InChI is InChI=1S/C21H19N3O5/c1-12-3-4-14-10-24(17(25)16(14)9-12)11-21(19(27)22-20(28)23-21)15-7-5-13(6-8-15)18(26)29-2/h3-9H,10-11H2,1-2H3,(H2,22,23,27,28). The van der Waals surface area contributed by atoms with Gasteiger partial charge in [-0.1, -0.05) is 29.8 Å². The van der Waals surface area contributed by atoms with E-state index in [1.165, 1.54) is 19.2 Å². The Balaban J connectivity index is 1.69. The first-order valence-corrected chi connectivity index (χ1v) is 9.05. The predicted octanol–water partition coefficient (Wildman–Crippen LogP) is 1.47. The molecular weight excluding hydrogens is 374 g/mol. The number of esters is 1. The van der Waals surface area contributed by atoms with Gasteiger partial charge in [0.2, 0.25) is 0 Å². The van der Waals surface area contributed by atoms with Crippen LogP contribution in [0.3, 0.4) is 0 Å². The van der Waals surface area contributed by atoms with Crippen molar-refractivity contribution in [3.63, 3.8) is 0 Å². The average molecular weight is 393 g/mol. The number of nitrogens with zero attached hydrogens (tertiary/aromatic N) is 1. The molecule has 0 aliphatic carbocycles. The number of benzene rings is 2. The van der Waals surface area contributed by atoms with Gasteiger partial charge in [-0.25, -0.2) is 9.59 Å². The molecule has 1 unspecified atom stereocenters. The van der Waals surface area contributed by atoms with Crippen molar-refractivity contribution in [2.75, 3.05) is 13.7 Å². The molecule has 2 aromatic carbocycles. The minimum absolute atomic E-state index is 0.0330. The van der Waals surface area contributed by atoms with Crippen molar-refractivity contribution in [2.24, 2.45) is 0 Å². The van der Waals surface area contributed by atoms with E-state index in [0.717, 1.165) is 11.1 Å². The maximum absolute atomic E-state index is 12.9. The lowest BCUT2D eigenvalue weighted by Crippen LogP contribution is -2.52. The molecule has 2 N–H and O–H groups in total. The van der Waals surface area contributed by atoms with E-state index >= 15 is 0 Å². The Hall–Kier alpha value is -3.68. The molecule has 0 aromatic heterocycles. The van der Waals surface area contributed by atoms with Crippen molar-refractivity contribution in [3.05, 3.63) is 70.3 Å². The lowest BCUT2D eigenvalue weighted by molar-refractivity contribution is -0.124. The number of aryl methyl sites for hydroxylation is 1. The van der Waals surface area contributed by atoms with Gasteiger partial charge >= 0.3 is 12.0 Å². The van der Waals surface area contributed by atoms with Gasteiger partial charge in [0.1, 0.15) is 0 Å². The van der Waals surface area contributed by atoms with Crippen molar-refractivity contribution in [2.45, 2.75) is 19.0 Å². The van der Waals surface area contributed by atoms with Gasteiger partial charge in [0.05, 0.1) is 19.2 Å². The molecule has 4 amide bonds. The summed E-state index contributed by atoms with van der Waals surface area (Å²) in [5.74, 6) is -1.25. The molecule has 2 heterocycles. The number of methoxy groups -OCH3 is 1. The van der Waals surface area contributed by atoms with Crippen molar-refractivity contribution >= 4 is 23.8 Å². The first-order chi connectivity index (χ1) is 13.8.